The zero-order valence-corrected chi connectivity index (χ0v) is 34.1. The molecule has 6 atom stereocenters. The number of nitrogens with zero attached hydrogens (tertiary/aromatic N) is 1. The average Bonchev–Trinajstić information content (AvgIpc) is 3.99. The fourth-order valence-electron chi connectivity index (χ4n) is 7.27. The monoisotopic (exact) mass is 824 g/mol. The SMILES string of the molecule is CNC(=O)CCCCCNC(=O)CCCCC1SCC2NC(=O)NC21.O=C(CCCCC1SCC2NC(=O)NC21)NCCCCCC(=O)ON1C(=O)CCC1=O. The quantitative estimate of drug-likeness (QED) is 0.0448. The van der Waals surface area contributed by atoms with Crippen LogP contribution in [-0.4, -0.2) is 119 Å². The summed E-state index contributed by atoms with van der Waals surface area (Å²) in [5.74, 6) is 0.590. The number of thioether (sulfide) groups is 2. The Morgan fingerprint density at radius 1 is 0.607 bits per heavy atom. The maximum Gasteiger partial charge on any atom is 0.333 e. The second kappa shape index (κ2) is 24.1. The Balaban J connectivity index is 0.000000255. The van der Waals surface area contributed by atoms with Crippen molar-refractivity contribution in [2.45, 2.75) is 150 Å². The van der Waals surface area contributed by atoms with Gasteiger partial charge in [0.2, 0.25) is 17.7 Å². The maximum atomic E-state index is 11.9. The molecule has 5 aliphatic rings. The summed E-state index contributed by atoms with van der Waals surface area (Å²) < 4.78 is 0. The van der Waals surface area contributed by atoms with Gasteiger partial charge in [-0.25, -0.2) is 14.4 Å². The highest BCUT2D eigenvalue weighted by Gasteiger charge is 2.43. The number of urea groups is 2. The zero-order chi connectivity index (χ0) is 40.3. The van der Waals surface area contributed by atoms with Gasteiger partial charge in [-0.3, -0.25) is 24.0 Å². The van der Waals surface area contributed by atoms with Crippen LogP contribution in [0.25, 0.3) is 0 Å². The highest BCUT2D eigenvalue weighted by Crippen LogP contribution is 2.34. The van der Waals surface area contributed by atoms with E-state index in [9.17, 15) is 38.4 Å². The number of nitrogens with one attached hydrogen (secondary N) is 7. The minimum absolute atomic E-state index is 0.0262. The molecule has 0 aliphatic carbocycles. The average molecular weight is 825 g/mol. The Labute approximate surface area is 337 Å². The van der Waals surface area contributed by atoms with Gasteiger partial charge >= 0.3 is 18.0 Å². The highest BCUT2D eigenvalue weighted by molar-refractivity contribution is 8.00. The van der Waals surface area contributed by atoms with Gasteiger partial charge in [-0.05, 0) is 51.4 Å². The smallest absolute Gasteiger partial charge is 0.333 e. The van der Waals surface area contributed by atoms with E-state index in [4.69, 9.17) is 4.84 Å². The molecule has 0 aromatic rings. The third kappa shape index (κ3) is 15.3. The van der Waals surface area contributed by atoms with Crippen LogP contribution in [0.4, 0.5) is 9.59 Å². The van der Waals surface area contributed by atoms with E-state index in [2.05, 4.69) is 37.2 Å². The summed E-state index contributed by atoms with van der Waals surface area (Å²) >= 11 is 3.80. The lowest BCUT2D eigenvalue weighted by Gasteiger charge is -2.16. The summed E-state index contributed by atoms with van der Waals surface area (Å²) in [4.78, 5) is 96.8. The molecule has 6 unspecified atom stereocenters. The lowest BCUT2D eigenvalue weighted by atomic mass is 10.0. The molecular formula is C37H60N8O9S2. The van der Waals surface area contributed by atoms with Gasteiger partial charge in [0.05, 0.1) is 24.2 Å². The molecule has 5 saturated heterocycles. The first-order valence-corrected chi connectivity index (χ1v) is 22.3. The molecule has 0 aromatic heterocycles. The highest BCUT2D eigenvalue weighted by atomic mass is 32.2. The second-order valence-electron chi connectivity index (χ2n) is 14.8. The summed E-state index contributed by atoms with van der Waals surface area (Å²) in [6.45, 7) is 1.24. The number of carbonyl (C=O) groups excluding carboxylic acids is 8. The molecular weight excluding hydrogens is 765 g/mol. The van der Waals surface area contributed by atoms with E-state index < -0.39 is 17.8 Å². The molecule has 17 nitrogen and oxygen atoms in total. The van der Waals surface area contributed by atoms with Crippen molar-refractivity contribution in [2.75, 3.05) is 31.6 Å². The molecule has 56 heavy (non-hydrogen) atoms. The Morgan fingerprint density at radius 3 is 1.54 bits per heavy atom. The predicted molar refractivity (Wildman–Crippen MR) is 212 cm³/mol. The largest absolute Gasteiger partial charge is 0.359 e. The van der Waals surface area contributed by atoms with Crippen LogP contribution in [0.15, 0.2) is 0 Å². The first kappa shape index (κ1) is 45.0. The van der Waals surface area contributed by atoms with Crippen molar-refractivity contribution in [1.29, 1.82) is 0 Å². The second-order valence-corrected chi connectivity index (χ2v) is 17.3. The van der Waals surface area contributed by atoms with Gasteiger partial charge in [-0.1, -0.05) is 25.7 Å². The third-order valence-corrected chi connectivity index (χ3v) is 13.4. The molecule has 9 amide bonds. The number of rotatable bonds is 23. The van der Waals surface area contributed by atoms with Gasteiger partial charge in [-0.15, -0.1) is 5.06 Å². The van der Waals surface area contributed by atoms with Crippen molar-refractivity contribution in [2.24, 2.45) is 0 Å². The molecule has 0 bridgehead atoms. The standard InChI is InChI=1S/C20H30N4O6S.C17H30N4O3S/c25-15(7-4-3-6-14-19-13(12-31-14)22-20(29)23-19)21-11-5-1-2-8-18(28)30-24-16(26)9-10-17(24)27;1-18-14(22)8-3-2-6-10-19-15(23)9-5-4-7-13-16-12(11-25-13)20-17(24)21-16/h13-14,19H,1-12H2,(H,21,25)(H2,22,23,29);12-13,16H,2-11H2,1H3,(H,18,22)(H,19,23)(H2,20,21,24). The van der Waals surface area contributed by atoms with Crippen LogP contribution in [0.5, 0.6) is 0 Å². The molecule has 0 saturated carbocycles. The molecule has 7 N–H and O–H groups in total. The molecule has 5 fully saturated rings. The number of carbonyl (C=O) groups is 8. The van der Waals surface area contributed by atoms with Crippen molar-refractivity contribution < 1.29 is 43.2 Å². The van der Waals surface area contributed by atoms with E-state index in [-0.39, 0.29) is 73.2 Å². The zero-order valence-electron chi connectivity index (χ0n) is 32.5. The van der Waals surface area contributed by atoms with E-state index in [0.717, 1.165) is 82.1 Å². The van der Waals surface area contributed by atoms with Crippen LogP contribution in [-0.2, 0) is 33.6 Å². The number of amides is 9. The van der Waals surface area contributed by atoms with E-state index in [1.54, 1.807) is 7.05 Å². The van der Waals surface area contributed by atoms with Crippen molar-refractivity contribution in [1.82, 2.24) is 42.3 Å². The van der Waals surface area contributed by atoms with E-state index in [1.807, 2.05) is 23.5 Å². The van der Waals surface area contributed by atoms with Gasteiger partial charge < -0.3 is 42.1 Å². The predicted octanol–water partition coefficient (Wildman–Crippen LogP) is 2.13. The molecule has 5 heterocycles. The Morgan fingerprint density at radius 2 is 1.05 bits per heavy atom. The number of unbranched alkanes of at least 4 members (excludes halogenated alkanes) is 6. The van der Waals surface area contributed by atoms with Gasteiger partial charge in [0.25, 0.3) is 11.8 Å². The molecule has 5 aliphatic heterocycles. The summed E-state index contributed by atoms with van der Waals surface area (Å²) in [6.07, 6.45) is 12.4. The molecule has 19 heteroatoms. The number of hydrogen-bond donors (Lipinski definition) is 7. The lowest BCUT2D eigenvalue weighted by Crippen LogP contribution is -2.36. The maximum absolute atomic E-state index is 11.9. The van der Waals surface area contributed by atoms with Crippen LogP contribution in [0.3, 0.4) is 0 Å². The molecule has 0 aromatic carbocycles. The van der Waals surface area contributed by atoms with E-state index >= 15 is 0 Å². The molecule has 5 rings (SSSR count). The van der Waals surface area contributed by atoms with E-state index in [0.29, 0.717) is 54.3 Å². The summed E-state index contributed by atoms with van der Waals surface area (Å²) in [5.41, 5.74) is 0. The van der Waals surface area contributed by atoms with Crippen molar-refractivity contribution in [3.63, 3.8) is 0 Å². The summed E-state index contributed by atoms with van der Waals surface area (Å²) in [6, 6.07) is 0.844. The van der Waals surface area contributed by atoms with Gasteiger partial charge in [0.15, 0.2) is 0 Å². The van der Waals surface area contributed by atoms with Gasteiger partial charge in [0, 0.05) is 80.7 Å². The minimum atomic E-state index is -0.590. The lowest BCUT2D eigenvalue weighted by molar-refractivity contribution is -0.197. The Hall–Kier alpha value is -3.74. The normalized spacial score (nSPS) is 24.6. The fourth-order valence-corrected chi connectivity index (χ4v) is 10.4. The van der Waals surface area contributed by atoms with Crippen molar-refractivity contribution >= 4 is 71.1 Å². The fraction of sp³-hybridized carbons (Fsp3) is 0.784. The van der Waals surface area contributed by atoms with Crippen molar-refractivity contribution in [3.8, 4) is 0 Å². The number of hydroxylamine groups is 2. The van der Waals surface area contributed by atoms with Crippen LogP contribution in [0.1, 0.15) is 116 Å². The van der Waals surface area contributed by atoms with Crippen LogP contribution in [0, 0.1) is 0 Å². The Kier molecular flexibility index (Phi) is 19.4. The topological polar surface area (TPSA) is 233 Å². The minimum Gasteiger partial charge on any atom is -0.359 e. The van der Waals surface area contributed by atoms with Gasteiger partial charge in [-0.2, -0.15) is 23.5 Å². The van der Waals surface area contributed by atoms with Gasteiger partial charge in [0.1, 0.15) is 0 Å². The Bertz CT molecular complexity index is 1370. The summed E-state index contributed by atoms with van der Waals surface area (Å²) in [7, 11) is 1.65. The molecule has 0 radical (unpaired) electrons. The van der Waals surface area contributed by atoms with Crippen LogP contribution in [0.2, 0.25) is 0 Å². The molecule has 314 valence electrons. The van der Waals surface area contributed by atoms with Crippen LogP contribution >= 0.6 is 23.5 Å². The summed E-state index contributed by atoms with van der Waals surface area (Å²) in [5, 5.41) is 21.7. The first-order chi connectivity index (χ1) is 27.0. The molecule has 0 spiro atoms. The number of hydrogen-bond acceptors (Lipinski definition) is 11. The van der Waals surface area contributed by atoms with Crippen LogP contribution < -0.4 is 37.2 Å². The van der Waals surface area contributed by atoms with E-state index in [1.165, 1.54) is 0 Å². The van der Waals surface area contributed by atoms with Crippen molar-refractivity contribution in [3.05, 3.63) is 0 Å². The number of imide groups is 1. The third-order valence-electron chi connectivity index (χ3n) is 10.4. The number of fused-ring (bicyclic) bond motifs is 2. The first-order valence-electron chi connectivity index (χ1n) is 20.2.